The van der Waals surface area contributed by atoms with Crippen LogP contribution in [0.4, 0.5) is 0 Å². The highest BCUT2D eigenvalue weighted by atomic mass is 16.2. The summed E-state index contributed by atoms with van der Waals surface area (Å²) in [6, 6.07) is 9.99. The minimum Gasteiger partial charge on any atom is -0.353 e. The van der Waals surface area contributed by atoms with E-state index in [9.17, 15) is 9.59 Å². The van der Waals surface area contributed by atoms with Crippen molar-refractivity contribution in [2.75, 3.05) is 13.1 Å². The van der Waals surface area contributed by atoms with Crippen molar-refractivity contribution >= 4 is 17.9 Å². The fraction of sp³-hybridized carbons (Fsp3) is 0.444. The number of rotatable bonds is 4. The molecule has 0 spiro atoms. The summed E-state index contributed by atoms with van der Waals surface area (Å²) in [5.41, 5.74) is 1.02. The molecule has 0 aromatic heterocycles. The average Bonchev–Trinajstić information content (AvgIpc) is 2.54. The second-order valence-electron chi connectivity index (χ2n) is 6.01. The number of benzene rings is 1. The second kappa shape index (κ2) is 7.78. The van der Waals surface area contributed by atoms with Crippen LogP contribution in [-0.2, 0) is 9.59 Å². The highest BCUT2D eigenvalue weighted by molar-refractivity contribution is 5.91. The van der Waals surface area contributed by atoms with Gasteiger partial charge in [0.2, 0.25) is 11.8 Å². The molecule has 1 aliphatic rings. The number of amides is 2. The van der Waals surface area contributed by atoms with Crippen LogP contribution in [0.1, 0.15) is 32.3 Å². The number of hydrogen-bond donors (Lipinski definition) is 1. The summed E-state index contributed by atoms with van der Waals surface area (Å²) in [5, 5.41) is 3.04. The molecule has 0 saturated carbocycles. The third kappa shape index (κ3) is 4.72. The first-order valence-electron chi connectivity index (χ1n) is 7.88. The fourth-order valence-corrected chi connectivity index (χ4v) is 2.45. The van der Waals surface area contributed by atoms with Gasteiger partial charge in [-0.2, -0.15) is 0 Å². The molecule has 1 aromatic carbocycles. The number of nitrogens with one attached hydrogen (secondary N) is 1. The molecule has 2 rings (SSSR count). The van der Waals surface area contributed by atoms with Crippen LogP contribution >= 0.6 is 0 Å². The molecule has 0 atom stereocenters. The molecule has 2 amide bonds. The molecule has 118 valence electrons. The van der Waals surface area contributed by atoms with Crippen LogP contribution in [0, 0.1) is 5.92 Å². The van der Waals surface area contributed by atoms with E-state index in [0.29, 0.717) is 13.1 Å². The van der Waals surface area contributed by atoms with Gasteiger partial charge in [-0.3, -0.25) is 9.59 Å². The maximum Gasteiger partial charge on any atom is 0.246 e. The van der Waals surface area contributed by atoms with Gasteiger partial charge in [-0.1, -0.05) is 44.2 Å². The van der Waals surface area contributed by atoms with E-state index in [1.165, 1.54) is 0 Å². The van der Waals surface area contributed by atoms with Crippen LogP contribution in [0.3, 0.4) is 0 Å². The van der Waals surface area contributed by atoms with Gasteiger partial charge in [-0.15, -0.1) is 0 Å². The number of hydrogen-bond acceptors (Lipinski definition) is 2. The van der Waals surface area contributed by atoms with Crippen LogP contribution in [0.25, 0.3) is 6.08 Å². The summed E-state index contributed by atoms with van der Waals surface area (Å²) < 4.78 is 0. The molecular formula is C18H24N2O2. The average molecular weight is 300 g/mol. The van der Waals surface area contributed by atoms with E-state index in [1.54, 1.807) is 6.08 Å². The normalized spacial score (nSPS) is 16.2. The Bertz CT molecular complexity index is 529. The van der Waals surface area contributed by atoms with Crippen molar-refractivity contribution in [2.45, 2.75) is 32.7 Å². The second-order valence-corrected chi connectivity index (χ2v) is 6.01. The van der Waals surface area contributed by atoms with Crippen molar-refractivity contribution in [1.29, 1.82) is 0 Å². The van der Waals surface area contributed by atoms with Gasteiger partial charge in [0, 0.05) is 31.1 Å². The largest absolute Gasteiger partial charge is 0.353 e. The lowest BCUT2D eigenvalue weighted by molar-refractivity contribution is -0.127. The molecule has 1 saturated heterocycles. The zero-order valence-electron chi connectivity index (χ0n) is 13.3. The standard InChI is InChI=1S/C18H24N2O2/c1-14(2)18(22)19-16-10-12-20(13-11-16)17(21)9-8-15-6-4-3-5-7-15/h3-9,14,16H,10-13H2,1-2H3,(H,19,22)/b9-8+. The topological polar surface area (TPSA) is 49.4 Å². The number of carbonyl (C=O) groups is 2. The first-order chi connectivity index (χ1) is 10.6. The summed E-state index contributed by atoms with van der Waals surface area (Å²) in [4.78, 5) is 25.7. The molecule has 1 fully saturated rings. The first-order valence-corrected chi connectivity index (χ1v) is 7.88. The highest BCUT2D eigenvalue weighted by Crippen LogP contribution is 2.12. The number of carbonyl (C=O) groups excluding carboxylic acids is 2. The molecule has 22 heavy (non-hydrogen) atoms. The van der Waals surface area contributed by atoms with Gasteiger partial charge in [0.15, 0.2) is 0 Å². The summed E-state index contributed by atoms with van der Waals surface area (Å²) in [6.07, 6.45) is 5.12. The smallest absolute Gasteiger partial charge is 0.246 e. The van der Waals surface area contributed by atoms with Gasteiger partial charge in [-0.25, -0.2) is 0 Å². The lowest BCUT2D eigenvalue weighted by atomic mass is 10.0. The van der Waals surface area contributed by atoms with E-state index in [-0.39, 0.29) is 23.8 Å². The number of likely N-dealkylation sites (tertiary alicyclic amines) is 1. The number of piperidine rings is 1. The van der Waals surface area contributed by atoms with Gasteiger partial charge in [0.1, 0.15) is 0 Å². The van der Waals surface area contributed by atoms with Gasteiger partial charge in [0.25, 0.3) is 0 Å². The lowest BCUT2D eigenvalue weighted by Gasteiger charge is -2.32. The Morgan fingerprint density at radius 3 is 2.41 bits per heavy atom. The van der Waals surface area contributed by atoms with Crippen LogP contribution < -0.4 is 5.32 Å². The molecule has 4 heteroatoms. The van der Waals surface area contributed by atoms with Gasteiger partial charge >= 0.3 is 0 Å². The van der Waals surface area contributed by atoms with Crippen LogP contribution in [0.5, 0.6) is 0 Å². The molecule has 1 N–H and O–H groups in total. The lowest BCUT2D eigenvalue weighted by Crippen LogP contribution is -2.47. The maximum absolute atomic E-state index is 12.2. The minimum atomic E-state index is 0.00784. The Kier molecular flexibility index (Phi) is 5.75. The van der Waals surface area contributed by atoms with Gasteiger partial charge < -0.3 is 10.2 Å². The zero-order chi connectivity index (χ0) is 15.9. The number of nitrogens with zero attached hydrogens (tertiary/aromatic N) is 1. The Balaban J connectivity index is 1.80. The predicted octanol–water partition coefficient (Wildman–Crippen LogP) is 2.46. The summed E-state index contributed by atoms with van der Waals surface area (Å²) >= 11 is 0. The van der Waals surface area contributed by atoms with Crippen molar-refractivity contribution in [2.24, 2.45) is 5.92 Å². The van der Waals surface area contributed by atoms with Crippen LogP contribution in [-0.4, -0.2) is 35.8 Å². The molecule has 0 unspecified atom stereocenters. The summed E-state index contributed by atoms with van der Waals surface area (Å²) in [5.74, 6) is 0.139. The van der Waals surface area contributed by atoms with Crippen molar-refractivity contribution in [3.8, 4) is 0 Å². The summed E-state index contributed by atoms with van der Waals surface area (Å²) in [7, 11) is 0. The Morgan fingerprint density at radius 2 is 1.82 bits per heavy atom. The molecule has 0 bridgehead atoms. The van der Waals surface area contributed by atoms with E-state index < -0.39 is 0 Å². The molecule has 4 nitrogen and oxygen atoms in total. The van der Waals surface area contributed by atoms with Gasteiger partial charge in [0.05, 0.1) is 0 Å². The molecule has 1 aliphatic heterocycles. The fourth-order valence-electron chi connectivity index (χ4n) is 2.45. The van der Waals surface area contributed by atoms with Crippen LogP contribution in [0.2, 0.25) is 0 Å². The van der Waals surface area contributed by atoms with E-state index in [0.717, 1.165) is 18.4 Å². The van der Waals surface area contributed by atoms with Crippen molar-refractivity contribution in [3.05, 3.63) is 42.0 Å². The molecular weight excluding hydrogens is 276 g/mol. The highest BCUT2D eigenvalue weighted by Gasteiger charge is 2.23. The third-order valence-corrected chi connectivity index (χ3v) is 3.90. The molecule has 0 aliphatic carbocycles. The summed E-state index contributed by atoms with van der Waals surface area (Å²) in [6.45, 7) is 5.17. The predicted molar refractivity (Wildman–Crippen MR) is 88.1 cm³/mol. The van der Waals surface area contributed by atoms with Gasteiger partial charge in [-0.05, 0) is 24.5 Å². The van der Waals surface area contributed by atoms with Crippen LogP contribution in [0.15, 0.2) is 36.4 Å². The SMILES string of the molecule is CC(C)C(=O)NC1CCN(C(=O)/C=C/c2ccccc2)CC1. The quantitative estimate of drug-likeness (QED) is 0.868. The first kappa shape index (κ1) is 16.3. The van der Waals surface area contributed by atoms with E-state index in [4.69, 9.17) is 0 Å². The minimum absolute atomic E-state index is 0.00784. The molecule has 0 radical (unpaired) electrons. The third-order valence-electron chi connectivity index (χ3n) is 3.90. The van der Waals surface area contributed by atoms with E-state index >= 15 is 0 Å². The van der Waals surface area contributed by atoms with E-state index in [2.05, 4.69) is 5.32 Å². The van der Waals surface area contributed by atoms with E-state index in [1.807, 2.05) is 55.2 Å². The monoisotopic (exact) mass is 300 g/mol. The zero-order valence-corrected chi connectivity index (χ0v) is 13.3. The van der Waals surface area contributed by atoms with Crippen molar-refractivity contribution in [3.63, 3.8) is 0 Å². The Morgan fingerprint density at radius 1 is 1.18 bits per heavy atom. The van der Waals surface area contributed by atoms with Crippen molar-refractivity contribution < 1.29 is 9.59 Å². The van der Waals surface area contributed by atoms with Crippen molar-refractivity contribution in [1.82, 2.24) is 10.2 Å². The Labute approximate surface area is 132 Å². The molecule has 1 aromatic rings. The Hall–Kier alpha value is -2.10. The molecule has 1 heterocycles. The maximum atomic E-state index is 12.2.